The Morgan fingerprint density at radius 1 is 1.22 bits per heavy atom. The number of rotatable bonds is 8. The highest BCUT2D eigenvalue weighted by Gasteiger charge is 2.16. The number of benzene rings is 1. The fourth-order valence-electron chi connectivity index (χ4n) is 1.53. The highest BCUT2D eigenvalue weighted by molar-refractivity contribution is 5.84. The third kappa shape index (κ3) is 9.23. The van der Waals surface area contributed by atoms with Gasteiger partial charge in [-0.05, 0) is 50.6 Å². The molecule has 0 aromatic heterocycles. The maximum absolute atomic E-state index is 11.6. The Morgan fingerprint density at radius 2 is 1.91 bits per heavy atom. The van der Waals surface area contributed by atoms with Gasteiger partial charge in [-0.15, -0.1) is 0 Å². The van der Waals surface area contributed by atoms with Crippen LogP contribution >= 0.6 is 0 Å². The molecule has 8 nitrogen and oxygen atoms in total. The van der Waals surface area contributed by atoms with Crippen molar-refractivity contribution in [3.63, 3.8) is 0 Å². The molecule has 0 atom stereocenters. The molecule has 126 valence electrons. The molecule has 1 aromatic carbocycles. The van der Waals surface area contributed by atoms with Crippen molar-refractivity contribution >= 4 is 11.8 Å². The number of ether oxygens (including phenoxy) is 3. The van der Waals surface area contributed by atoms with E-state index in [0.29, 0.717) is 37.8 Å². The Balaban J connectivity index is 2.28. The van der Waals surface area contributed by atoms with Crippen molar-refractivity contribution in [1.82, 2.24) is 0 Å². The second-order valence-corrected chi connectivity index (χ2v) is 5.57. The van der Waals surface area contributed by atoms with Gasteiger partial charge in [0.1, 0.15) is 18.0 Å². The number of nitrogens with one attached hydrogen (secondary N) is 1. The Hall–Kier alpha value is -2.44. The molecule has 0 fully saturated rings. The van der Waals surface area contributed by atoms with Crippen LogP contribution in [0.5, 0.6) is 5.75 Å². The Kier molecular flexibility index (Phi) is 7.73. The van der Waals surface area contributed by atoms with Gasteiger partial charge < -0.3 is 14.2 Å². The molecule has 0 aliphatic heterocycles. The molecule has 0 saturated heterocycles. The van der Waals surface area contributed by atoms with Gasteiger partial charge in [-0.2, -0.15) is 0 Å². The zero-order valence-electron chi connectivity index (χ0n) is 13.6. The van der Waals surface area contributed by atoms with Gasteiger partial charge in [0.05, 0.1) is 13.2 Å². The summed E-state index contributed by atoms with van der Waals surface area (Å²) in [5.41, 5.74) is 8.18. The molecule has 0 spiro atoms. The van der Waals surface area contributed by atoms with E-state index in [1.807, 2.05) is 0 Å². The first-order valence-corrected chi connectivity index (χ1v) is 7.22. The van der Waals surface area contributed by atoms with E-state index in [1.54, 1.807) is 45.0 Å². The summed E-state index contributed by atoms with van der Waals surface area (Å²) in [6.45, 7) is 6.87. The molecule has 0 heterocycles. The number of carbonyl (C=O) groups is 1. The van der Waals surface area contributed by atoms with Crippen molar-refractivity contribution in [3.05, 3.63) is 34.7 Å². The molecule has 0 radical (unpaired) electrons. The van der Waals surface area contributed by atoms with Crippen molar-refractivity contribution in [2.24, 2.45) is 5.11 Å². The molecule has 0 aliphatic carbocycles. The molecule has 0 unspecified atom stereocenters. The first-order valence-electron chi connectivity index (χ1n) is 7.22. The molecule has 0 aliphatic rings. The molecule has 1 amide bonds. The van der Waals surface area contributed by atoms with Crippen LogP contribution in [0.4, 0.5) is 10.5 Å². The summed E-state index contributed by atoms with van der Waals surface area (Å²) in [5.74, 6) is 0.665. The Labute approximate surface area is 135 Å². The van der Waals surface area contributed by atoms with Gasteiger partial charge in [-0.1, -0.05) is 5.11 Å². The molecular weight excluding hydrogens is 300 g/mol. The molecule has 1 aromatic rings. The monoisotopic (exact) mass is 322 g/mol. The predicted octanol–water partition coefficient (Wildman–Crippen LogP) is 3.74. The summed E-state index contributed by atoms with van der Waals surface area (Å²) in [5, 5.41) is 5.99. The number of anilines is 1. The van der Waals surface area contributed by atoms with Gasteiger partial charge in [0.15, 0.2) is 0 Å². The number of azide groups is 1. The van der Waals surface area contributed by atoms with Crippen LogP contribution in [-0.2, 0) is 9.47 Å². The minimum atomic E-state index is -0.536. The average Bonchev–Trinajstić information content (AvgIpc) is 2.46. The van der Waals surface area contributed by atoms with Crippen LogP contribution in [0.2, 0.25) is 0 Å². The molecule has 0 saturated carbocycles. The van der Waals surface area contributed by atoms with Crippen LogP contribution in [0.25, 0.3) is 10.4 Å². The van der Waals surface area contributed by atoms with Crippen molar-refractivity contribution in [3.8, 4) is 5.75 Å². The van der Waals surface area contributed by atoms with E-state index in [-0.39, 0.29) is 0 Å². The quantitative estimate of drug-likeness (QED) is 0.340. The van der Waals surface area contributed by atoms with Crippen molar-refractivity contribution in [2.75, 3.05) is 31.7 Å². The molecule has 23 heavy (non-hydrogen) atoms. The number of carbonyl (C=O) groups excluding carboxylic acids is 1. The lowest BCUT2D eigenvalue weighted by Crippen LogP contribution is -2.27. The Morgan fingerprint density at radius 3 is 2.52 bits per heavy atom. The topological polar surface area (TPSA) is 106 Å². The van der Waals surface area contributed by atoms with E-state index in [1.165, 1.54) is 0 Å². The summed E-state index contributed by atoms with van der Waals surface area (Å²) in [6, 6.07) is 6.93. The average molecular weight is 322 g/mol. The number of hydrogen-bond donors (Lipinski definition) is 1. The second kappa shape index (κ2) is 9.55. The highest BCUT2D eigenvalue weighted by atomic mass is 16.6. The van der Waals surface area contributed by atoms with E-state index >= 15 is 0 Å². The largest absolute Gasteiger partial charge is 0.491 e. The maximum Gasteiger partial charge on any atom is 0.412 e. The SMILES string of the molecule is CC(C)(C)OC(=O)Nc1ccc(OCCOCCN=[N+]=[N-])cc1. The van der Waals surface area contributed by atoms with E-state index in [2.05, 4.69) is 15.3 Å². The van der Waals surface area contributed by atoms with Crippen molar-refractivity contribution < 1.29 is 19.0 Å². The smallest absolute Gasteiger partial charge is 0.412 e. The van der Waals surface area contributed by atoms with Crippen LogP contribution in [0.3, 0.4) is 0 Å². The standard InChI is InChI=1S/C15H22N4O4/c1-15(2,3)23-14(20)18-12-4-6-13(7-5-12)22-11-10-21-9-8-17-19-16/h4-7H,8-11H2,1-3H3,(H,18,20). The minimum Gasteiger partial charge on any atom is -0.491 e. The molecule has 1 N–H and O–H groups in total. The zero-order valence-corrected chi connectivity index (χ0v) is 13.6. The minimum absolute atomic E-state index is 0.307. The highest BCUT2D eigenvalue weighted by Crippen LogP contribution is 2.17. The van der Waals surface area contributed by atoms with E-state index < -0.39 is 11.7 Å². The van der Waals surface area contributed by atoms with Crippen LogP contribution in [0, 0.1) is 0 Å². The summed E-state index contributed by atoms with van der Waals surface area (Å²) in [7, 11) is 0. The predicted molar refractivity (Wildman–Crippen MR) is 86.6 cm³/mol. The van der Waals surface area contributed by atoms with Crippen LogP contribution in [0.1, 0.15) is 20.8 Å². The zero-order chi connectivity index (χ0) is 17.1. The second-order valence-electron chi connectivity index (χ2n) is 5.57. The van der Waals surface area contributed by atoms with Crippen molar-refractivity contribution in [2.45, 2.75) is 26.4 Å². The van der Waals surface area contributed by atoms with Gasteiger partial charge in [-0.25, -0.2) is 4.79 Å². The third-order valence-electron chi connectivity index (χ3n) is 2.39. The summed E-state index contributed by atoms with van der Waals surface area (Å²) < 4.78 is 15.9. The Bertz CT molecular complexity index is 533. The summed E-state index contributed by atoms with van der Waals surface area (Å²) in [4.78, 5) is 14.2. The van der Waals surface area contributed by atoms with Gasteiger partial charge in [0.25, 0.3) is 0 Å². The van der Waals surface area contributed by atoms with Gasteiger partial charge in [-0.3, -0.25) is 5.32 Å². The maximum atomic E-state index is 11.6. The lowest BCUT2D eigenvalue weighted by molar-refractivity contribution is 0.0636. The van der Waals surface area contributed by atoms with E-state index in [4.69, 9.17) is 19.7 Å². The first kappa shape index (κ1) is 18.6. The summed E-state index contributed by atoms with van der Waals surface area (Å²) in [6.07, 6.45) is -0.500. The summed E-state index contributed by atoms with van der Waals surface area (Å²) >= 11 is 0. The van der Waals surface area contributed by atoms with Gasteiger partial charge in [0.2, 0.25) is 0 Å². The van der Waals surface area contributed by atoms with E-state index in [0.717, 1.165) is 0 Å². The third-order valence-corrected chi connectivity index (χ3v) is 2.39. The number of nitrogens with zero attached hydrogens (tertiary/aromatic N) is 3. The molecule has 8 heteroatoms. The van der Waals surface area contributed by atoms with Crippen molar-refractivity contribution in [1.29, 1.82) is 0 Å². The number of hydrogen-bond acceptors (Lipinski definition) is 5. The fraction of sp³-hybridized carbons (Fsp3) is 0.533. The van der Waals surface area contributed by atoms with Crippen LogP contribution in [-0.4, -0.2) is 38.1 Å². The van der Waals surface area contributed by atoms with Gasteiger partial charge in [0, 0.05) is 17.1 Å². The normalized spacial score (nSPS) is 10.6. The molecule has 0 bridgehead atoms. The van der Waals surface area contributed by atoms with Crippen LogP contribution in [0.15, 0.2) is 29.4 Å². The lowest BCUT2D eigenvalue weighted by atomic mass is 10.2. The fourth-order valence-corrected chi connectivity index (χ4v) is 1.53. The van der Waals surface area contributed by atoms with Crippen LogP contribution < -0.4 is 10.1 Å². The van der Waals surface area contributed by atoms with Gasteiger partial charge >= 0.3 is 6.09 Å². The lowest BCUT2D eigenvalue weighted by Gasteiger charge is -2.19. The molecule has 1 rings (SSSR count). The number of amides is 1. The molecular formula is C15H22N4O4. The van der Waals surface area contributed by atoms with E-state index in [9.17, 15) is 4.79 Å². The first-order chi connectivity index (χ1) is 10.9.